The van der Waals surface area contributed by atoms with E-state index in [1.165, 1.54) is 25.7 Å². The summed E-state index contributed by atoms with van der Waals surface area (Å²) in [5, 5.41) is 12.6. The average molecular weight is 504 g/mol. The SMILES string of the molecule is COC1=C2O[C@H]3C4(CCC5(O)[C@H]6CC(C=C1)C2[C@@]35CCN6C)OCOCC1CCCCC1COCO4. The van der Waals surface area contributed by atoms with Crippen molar-refractivity contribution in [2.45, 2.75) is 74.9 Å². The van der Waals surface area contributed by atoms with Crippen LogP contribution >= 0.6 is 0 Å². The van der Waals surface area contributed by atoms with E-state index in [0.29, 0.717) is 37.9 Å². The molecule has 7 aliphatic rings. The lowest BCUT2D eigenvalue weighted by molar-refractivity contribution is -0.385. The summed E-state index contributed by atoms with van der Waals surface area (Å²) in [5.41, 5.74) is -1.41. The van der Waals surface area contributed by atoms with Gasteiger partial charge in [0.2, 0.25) is 5.79 Å². The van der Waals surface area contributed by atoms with Crippen LogP contribution in [0.1, 0.15) is 51.4 Å². The topological polar surface area (TPSA) is 78.9 Å². The quantitative estimate of drug-likeness (QED) is 0.585. The zero-order valence-corrected chi connectivity index (χ0v) is 21.7. The minimum Gasteiger partial charge on any atom is -0.493 e. The Balaban J connectivity index is 1.27. The molecule has 3 saturated carbocycles. The largest absolute Gasteiger partial charge is 0.493 e. The van der Waals surface area contributed by atoms with Crippen molar-refractivity contribution in [3.05, 3.63) is 23.7 Å². The van der Waals surface area contributed by atoms with Crippen molar-refractivity contribution in [3.8, 4) is 0 Å². The van der Waals surface area contributed by atoms with Crippen molar-refractivity contribution in [2.24, 2.45) is 29.1 Å². The van der Waals surface area contributed by atoms with Gasteiger partial charge in [-0.1, -0.05) is 18.9 Å². The van der Waals surface area contributed by atoms with Crippen LogP contribution in [-0.2, 0) is 28.4 Å². The van der Waals surface area contributed by atoms with Gasteiger partial charge in [0.05, 0.1) is 31.3 Å². The van der Waals surface area contributed by atoms with Gasteiger partial charge in [-0.25, -0.2) is 0 Å². The van der Waals surface area contributed by atoms with E-state index in [0.717, 1.165) is 30.9 Å². The van der Waals surface area contributed by atoms with Crippen LogP contribution in [0.5, 0.6) is 0 Å². The number of fused-ring (bicyclic) bond motifs is 2. The molecule has 8 nitrogen and oxygen atoms in total. The van der Waals surface area contributed by atoms with Crippen LogP contribution < -0.4 is 0 Å². The lowest BCUT2D eigenvalue weighted by atomic mass is 9.43. The van der Waals surface area contributed by atoms with Crippen molar-refractivity contribution in [3.63, 3.8) is 0 Å². The zero-order chi connectivity index (χ0) is 24.5. The van der Waals surface area contributed by atoms with Crippen LogP contribution in [0.4, 0.5) is 0 Å². The third-order valence-corrected chi connectivity index (χ3v) is 11.0. The molecule has 4 aliphatic carbocycles. The molecule has 36 heavy (non-hydrogen) atoms. The number of nitrogens with zero attached hydrogens (tertiary/aromatic N) is 1. The summed E-state index contributed by atoms with van der Waals surface area (Å²) < 4.78 is 38.1. The Morgan fingerprint density at radius 1 is 1.03 bits per heavy atom. The Labute approximate surface area is 213 Å². The smallest absolute Gasteiger partial charge is 0.211 e. The maximum atomic E-state index is 12.6. The number of methoxy groups -OCH3 is 1. The van der Waals surface area contributed by atoms with Gasteiger partial charge in [-0.3, -0.25) is 0 Å². The van der Waals surface area contributed by atoms with Crippen LogP contribution in [0, 0.1) is 29.1 Å². The lowest BCUT2D eigenvalue weighted by Gasteiger charge is -2.67. The molecule has 1 N–H and O–H groups in total. The first-order valence-corrected chi connectivity index (χ1v) is 14.0. The fourth-order valence-electron chi connectivity index (χ4n) is 9.22. The number of hydrogen-bond acceptors (Lipinski definition) is 8. The van der Waals surface area contributed by atoms with Gasteiger partial charge in [0.15, 0.2) is 11.9 Å². The molecule has 2 bridgehead atoms. The van der Waals surface area contributed by atoms with Crippen LogP contribution in [-0.4, -0.2) is 81.0 Å². The molecule has 0 amide bonds. The second kappa shape index (κ2) is 8.68. The van der Waals surface area contributed by atoms with E-state index in [1.54, 1.807) is 7.11 Å². The van der Waals surface area contributed by atoms with Crippen LogP contribution in [0.25, 0.3) is 0 Å². The van der Waals surface area contributed by atoms with Gasteiger partial charge < -0.3 is 38.4 Å². The first kappa shape index (κ1) is 23.9. The molecular weight excluding hydrogens is 462 g/mol. The molecule has 3 aliphatic heterocycles. The van der Waals surface area contributed by atoms with Crippen molar-refractivity contribution in [1.29, 1.82) is 0 Å². The van der Waals surface area contributed by atoms with Crippen molar-refractivity contribution >= 4 is 0 Å². The summed E-state index contributed by atoms with van der Waals surface area (Å²) in [5.74, 6) is 1.90. The van der Waals surface area contributed by atoms with Gasteiger partial charge in [0.1, 0.15) is 19.3 Å². The fraction of sp³-hybridized carbons (Fsp3) is 0.857. The Hall–Kier alpha value is -1.16. The molecule has 7 rings (SSSR count). The van der Waals surface area contributed by atoms with Gasteiger partial charge >= 0.3 is 0 Å². The number of rotatable bonds is 1. The fourth-order valence-corrected chi connectivity index (χ4v) is 9.22. The Kier molecular flexibility index (Phi) is 5.77. The third-order valence-electron chi connectivity index (χ3n) is 11.0. The summed E-state index contributed by atoms with van der Waals surface area (Å²) in [6.07, 6.45) is 11.6. The van der Waals surface area contributed by atoms with E-state index < -0.39 is 22.9 Å². The van der Waals surface area contributed by atoms with E-state index in [1.807, 2.05) is 6.08 Å². The molecule has 0 aromatic rings. The summed E-state index contributed by atoms with van der Waals surface area (Å²) in [4.78, 5) is 2.35. The standard InChI is InChI=1S/C28H41NO7/c1-29-12-11-26-23-18-7-8-21(31-2)24(23)36-25(26)28(10-9-27(26,30)22(29)13-18)34-16-32-14-19-5-3-4-6-20(19)15-33-17-35-28/h7-8,18-20,22-23,25,30H,3-6,9-17H2,1-2H3/t18?,19?,20?,22-,23?,25-,26+,27?,28?/m1/s1. The van der Waals surface area contributed by atoms with E-state index in [4.69, 9.17) is 28.4 Å². The first-order valence-electron chi connectivity index (χ1n) is 14.0. The average Bonchev–Trinajstić information content (AvgIpc) is 3.24. The van der Waals surface area contributed by atoms with Gasteiger partial charge in [0, 0.05) is 18.4 Å². The van der Waals surface area contributed by atoms with Gasteiger partial charge in [-0.05, 0) is 69.5 Å². The minimum atomic E-state index is -1.05. The molecule has 6 fully saturated rings. The highest BCUT2D eigenvalue weighted by Gasteiger charge is 2.80. The first-order chi connectivity index (χ1) is 17.5. The predicted molar refractivity (Wildman–Crippen MR) is 129 cm³/mol. The number of likely N-dealkylation sites (tertiary alicyclic amines) is 1. The molecule has 2 spiro atoms. The van der Waals surface area contributed by atoms with Gasteiger partial charge in [0.25, 0.3) is 0 Å². The normalized spacial score (nSPS) is 50.6. The molecule has 0 aromatic carbocycles. The van der Waals surface area contributed by atoms with E-state index in [2.05, 4.69) is 18.0 Å². The summed E-state index contributed by atoms with van der Waals surface area (Å²) in [6, 6.07) is 0.0717. The number of likely N-dealkylation sites (N-methyl/N-ethyl adjacent to an activating group) is 1. The number of piperidine rings is 1. The van der Waals surface area contributed by atoms with Gasteiger partial charge in [-0.2, -0.15) is 0 Å². The maximum absolute atomic E-state index is 12.6. The van der Waals surface area contributed by atoms with Gasteiger partial charge in [-0.15, -0.1) is 0 Å². The third kappa shape index (κ3) is 3.15. The summed E-state index contributed by atoms with van der Waals surface area (Å²) in [7, 11) is 3.84. The van der Waals surface area contributed by atoms with Crippen molar-refractivity contribution < 1.29 is 33.5 Å². The Morgan fingerprint density at radius 3 is 2.44 bits per heavy atom. The molecule has 8 heteroatoms. The summed E-state index contributed by atoms with van der Waals surface area (Å²) in [6.45, 7) is 2.59. The summed E-state index contributed by atoms with van der Waals surface area (Å²) >= 11 is 0. The van der Waals surface area contributed by atoms with Crippen LogP contribution in [0.3, 0.4) is 0 Å². The predicted octanol–water partition coefficient (Wildman–Crippen LogP) is 3.16. The highest BCUT2D eigenvalue weighted by Crippen LogP contribution is 2.71. The number of aliphatic hydroxyl groups is 1. The minimum absolute atomic E-state index is 0.0460. The molecule has 0 aromatic heterocycles. The van der Waals surface area contributed by atoms with E-state index in [-0.39, 0.29) is 31.5 Å². The monoisotopic (exact) mass is 503 g/mol. The Morgan fingerprint density at radius 2 is 1.75 bits per heavy atom. The zero-order valence-electron chi connectivity index (χ0n) is 21.7. The molecular formula is C28H41NO7. The molecule has 5 unspecified atom stereocenters. The molecule has 0 radical (unpaired) electrons. The molecule has 3 heterocycles. The second-order valence-electron chi connectivity index (χ2n) is 12.3. The Bertz CT molecular complexity index is 917. The lowest BCUT2D eigenvalue weighted by Crippen LogP contribution is -2.79. The molecule has 200 valence electrons. The number of hydrogen-bond donors (Lipinski definition) is 1. The van der Waals surface area contributed by atoms with Crippen LogP contribution in [0.2, 0.25) is 0 Å². The second-order valence-corrected chi connectivity index (χ2v) is 12.3. The highest BCUT2D eigenvalue weighted by atomic mass is 16.8. The van der Waals surface area contributed by atoms with E-state index in [9.17, 15) is 5.11 Å². The van der Waals surface area contributed by atoms with Crippen molar-refractivity contribution in [1.82, 2.24) is 4.90 Å². The van der Waals surface area contributed by atoms with Crippen LogP contribution in [0.15, 0.2) is 23.7 Å². The molecule has 3 saturated heterocycles. The van der Waals surface area contributed by atoms with Crippen molar-refractivity contribution in [2.75, 3.05) is 47.5 Å². The number of ether oxygens (including phenoxy) is 6. The maximum Gasteiger partial charge on any atom is 0.211 e. The number of allylic oxidation sites excluding steroid dienone is 3. The highest BCUT2D eigenvalue weighted by molar-refractivity contribution is 5.39. The van der Waals surface area contributed by atoms with E-state index >= 15 is 0 Å². The molecule has 8 atom stereocenters.